The molecule has 2 fully saturated rings. The van der Waals surface area contributed by atoms with Gasteiger partial charge in [-0.25, -0.2) is 8.78 Å². The van der Waals surface area contributed by atoms with Crippen molar-refractivity contribution in [3.63, 3.8) is 0 Å². The number of benzene rings is 1. The summed E-state index contributed by atoms with van der Waals surface area (Å²) in [4.78, 5) is 8.66. The van der Waals surface area contributed by atoms with Crippen molar-refractivity contribution >= 4 is 11.6 Å². The van der Waals surface area contributed by atoms with Crippen molar-refractivity contribution in [2.45, 2.75) is 25.4 Å². The van der Waals surface area contributed by atoms with Crippen molar-refractivity contribution in [1.82, 2.24) is 15.5 Å². The number of aryl methyl sites for hydroxylation is 1. The van der Waals surface area contributed by atoms with Gasteiger partial charge in [0.1, 0.15) is 23.2 Å². The van der Waals surface area contributed by atoms with Crippen LogP contribution >= 0.6 is 0 Å². The molecular formula is C23H31F2N5O2. The first kappa shape index (κ1) is 22.5. The first-order valence-corrected chi connectivity index (χ1v) is 11.1. The van der Waals surface area contributed by atoms with E-state index < -0.39 is 11.6 Å². The van der Waals surface area contributed by atoms with Crippen LogP contribution < -0.4 is 15.5 Å². The number of hydrogen-bond donors (Lipinski definition) is 2. The molecule has 2 saturated heterocycles. The topological polar surface area (TPSA) is 65.3 Å². The van der Waals surface area contributed by atoms with Gasteiger partial charge in [0.15, 0.2) is 5.96 Å². The van der Waals surface area contributed by atoms with Crippen LogP contribution in [0.3, 0.4) is 0 Å². The predicted octanol–water partition coefficient (Wildman–Crippen LogP) is 2.68. The molecule has 0 bridgehead atoms. The summed E-state index contributed by atoms with van der Waals surface area (Å²) >= 11 is 0. The number of morpholine rings is 1. The van der Waals surface area contributed by atoms with E-state index >= 15 is 0 Å². The zero-order valence-corrected chi connectivity index (χ0v) is 18.6. The van der Waals surface area contributed by atoms with Gasteiger partial charge in [-0.1, -0.05) is 0 Å². The second kappa shape index (κ2) is 10.3. The average molecular weight is 448 g/mol. The Morgan fingerprint density at radius 1 is 1.19 bits per heavy atom. The molecule has 0 radical (unpaired) electrons. The van der Waals surface area contributed by atoms with Gasteiger partial charge < -0.3 is 24.7 Å². The third-order valence-electron chi connectivity index (χ3n) is 6.04. The summed E-state index contributed by atoms with van der Waals surface area (Å²) in [6.07, 6.45) is 0.835. The van der Waals surface area contributed by atoms with Crippen LogP contribution in [0.4, 0.5) is 14.5 Å². The first-order chi connectivity index (χ1) is 15.5. The van der Waals surface area contributed by atoms with E-state index in [1.54, 1.807) is 7.05 Å². The van der Waals surface area contributed by atoms with Gasteiger partial charge >= 0.3 is 0 Å². The van der Waals surface area contributed by atoms with Crippen molar-refractivity contribution in [3.05, 3.63) is 53.5 Å². The highest BCUT2D eigenvalue weighted by atomic mass is 19.1. The van der Waals surface area contributed by atoms with Gasteiger partial charge in [-0.15, -0.1) is 0 Å². The predicted molar refractivity (Wildman–Crippen MR) is 120 cm³/mol. The maximum absolute atomic E-state index is 14.1. The molecule has 7 nitrogen and oxygen atoms in total. The van der Waals surface area contributed by atoms with Crippen molar-refractivity contribution in [1.29, 1.82) is 0 Å². The van der Waals surface area contributed by atoms with Crippen LogP contribution in [0.1, 0.15) is 24.0 Å². The highest BCUT2D eigenvalue weighted by Gasteiger charge is 2.28. The molecule has 2 aliphatic rings. The van der Waals surface area contributed by atoms with Gasteiger partial charge in [0.2, 0.25) is 0 Å². The van der Waals surface area contributed by atoms with Crippen LogP contribution in [0.5, 0.6) is 0 Å². The Kier molecular flexibility index (Phi) is 7.26. The molecule has 9 heteroatoms. The van der Waals surface area contributed by atoms with Crippen LogP contribution in [-0.2, 0) is 4.74 Å². The number of ether oxygens (including phenoxy) is 1. The Morgan fingerprint density at radius 2 is 2.00 bits per heavy atom. The largest absolute Gasteiger partial charge is 0.465 e. The Labute approximate surface area is 187 Å². The van der Waals surface area contributed by atoms with E-state index in [2.05, 4.69) is 20.5 Å². The number of aliphatic imine (C=N–C) groups is 1. The number of halogens is 2. The highest BCUT2D eigenvalue weighted by molar-refractivity contribution is 5.80. The summed E-state index contributed by atoms with van der Waals surface area (Å²) in [5.41, 5.74) is 0.430. The third-order valence-corrected chi connectivity index (χ3v) is 6.04. The van der Waals surface area contributed by atoms with Gasteiger partial charge in [0.25, 0.3) is 0 Å². The van der Waals surface area contributed by atoms with Crippen LogP contribution in [0.2, 0.25) is 0 Å². The second-order valence-electron chi connectivity index (χ2n) is 8.24. The zero-order chi connectivity index (χ0) is 22.5. The fourth-order valence-corrected chi connectivity index (χ4v) is 4.35. The van der Waals surface area contributed by atoms with Gasteiger partial charge in [-0.2, -0.15) is 0 Å². The minimum atomic E-state index is -0.564. The van der Waals surface area contributed by atoms with Gasteiger partial charge in [0.05, 0.1) is 24.9 Å². The van der Waals surface area contributed by atoms with Crippen molar-refractivity contribution < 1.29 is 17.9 Å². The summed E-state index contributed by atoms with van der Waals surface area (Å²) in [5, 5.41) is 6.87. The molecule has 2 unspecified atom stereocenters. The van der Waals surface area contributed by atoms with E-state index in [9.17, 15) is 8.78 Å². The maximum Gasteiger partial charge on any atom is 0.191 e. The summed E-state index contributed by atoms with van der Waals surface area (Å²) < 4.78 is 38.8. The lowest BCUT2D eigenvalue weighted by atomic mass is 10.1. The maximum atomic E-state index is 14.1. The van der Waals surface area contributed by atoms with Crippen LogP contribution in [0.25, 0.3) is 0 Å². The van der Waals surface area contributed by atoms with Crippen LogP contribution in [-0.4, -0.2) is 69.9 Å². The molecule has 32 heavy (non-hydrogen) atoms. The summed E-state index contributed by atoms with van der Waals surface area (Å²) in [5.74, 6) is 1.41. The van der Waals surface area contributed by atoms with Gasteiger partial charge in [-0.3, -0.25) is 9.89 Å². The molecular weight excluding hydrogens is 416 g/mol. The molecule has 4 rings (SSSR count). The Morgan fingerprint density at radius 3 is 2.69 bits per heavy atom. The molecule has 0 aliphatic carbocycles. The number of hydrogen-bond acceptors (Lipinski definition) is 5. The van der Waals surface area contributed by atoms with E-state index in [1.165, 1.54) is 12.1 Å². The lowest BCUT2D eigenvalue weighted by Gasteiger charge is -2.33. The fraction of sp³-hybridized carbons (Fsp3) is 0.522. The lowest BCUT2D eigenvalue weighted by molar-refractivity contribution is 0.0124. The molecule has 2 atom stereocenters. The minimum Gasteiger partial charge on any atom is -0.465 e. The average Bonchev–Trinajstić information content (AvgIpc) is 3.43. The normalized spacial score (nSPS) is 21.1. The molecule has 2 N–H and O–H groups in total. The molecule has 3 heterocycles. The number of nitrogens with one attached hydrogen (secondary N) is 2. The van der Waals surface area contributed by atoms with Gasteiger partial charge in [-0.05, 0) is 37.6 Å². The molecule has 2 aliphatic heterocycles. The van der Waals surface area contributed by atoms with Crippen LogP contribution in [0.15, 0.2) is 39.7 Å². The summed E-state index contributed by atoms with van der Waals surface area (Å²) in [7, 11) is 1.74. The molecule has 0 amide bonds. The molecule has 1 aromatic heterocycles. The molecule has 0 saturated carbocycles. The first-order valence-electron chi connectivity index (χ1n) is 11.1. The number of furan rings is 1. The fourth-order valence-electron chi connectivity index (χ4n) is 4.35. The minimum absolute atomic E-state index is 0.0690. The second-order valence-corrected chi connectivity index (χ2v) is 8.24. The standard InChI is InChI=1S/C23H31F2N5O2/c1-16-3-6-22(32-16)21(29-9-11-31-12-10-29)14-27-23(26-2)28-18-7-8-30(15-18)20-5-4-17(24)13-19(20)25/h3-6,13,18,21H,7-12,14-15H2,1-2H3,(H2,26,27,28). The Hall–Kier alpha value is -2.65. The van der Waals surface area contributed by atoms with E-state index in [0.717, 1.165) is 37.1 Å². The van der Waals surface area contributed by atoms with Crippen molar-refractivity contribution in [2.75, 3.05) is 57.9 Å². The zero-order valence-electron chi connectivity index (χ0n) is 18.6. The Bertz CT molecular complexity index is 929. The third kappa shape index (κ3) is 5.39. The Balaban J connectivity index is 1.35. The van der Waals surface area contributed by atoms with E-state index in [0.29, 0.717) is 44.5 Å². The van der Waals surface area contributed by atoms with E-state index in [4.69, 9.17) is 9.15 Å². The van der Waals surface area contributed by atoms with E-state index in [-0.39, 0.29) is 12.1 Å². The lowest BCUT2D eigenvalue weighted by Crippen LogP contribution is -2.48. The number of anilines is 1. The SMILES string of the molecule is CN=C(NCC(c1ccc(C)o1)N1CCOCC1)NC1CCN(c2ccc(F)cc2F)C1. The van der Waals surface area contributed by atoms with Crippen molar-refractivity contribution in [2.24, 2.45) is 4.99 Å². The number of guanidine groups is 1. The smallest absolute Gasteiger partial charge is 0.191 e. The molecule has 2 aromatic rings. The molecule has 0 spiro atoms. The highest BCUT2D eigenvalue weighted by Crippen LogP contribution is 2.25. The van der Waals surface area contributed by atoms with Crippen molar-refractivity contribution in [3.8, 4) is 0 Å². The molecule has 1 aromatic carbocycles. The van der Waals surface area contributed by atoms with Crippen LogP contribution in [0, 0.1) is 18.6 Å². The van der Waals surface area contributed by atoms with Gasteiger partial charge in [0, 0.05) is 51.9 Å². The number of rotatable bonds is 6. The summed E-state index contributed by atoms with van der Waals surface area (Å²) in [6.45, 7) is 7.01. The molecule has 174 valence electrons. The summed E-state index contributed by atoms with van der Waals surface area (Å²) in [6, 6.07) is 7.91. The quantitative estimate of drug-likeness (QED) is 0.525. The van der Waals surface area contributed by atoms with E-state index in [1.807, 2.05) is 24.0 Å². The number of nitrogens with zero attached hydrogens (tertiary/aromatic N) is 3. The monoisotopic (exact) mass is 447 g/mol.